The fraction of sp³-hybridized carbons (Fsp3) is 0.286. The molecule has 1 aromatic carbocycles. The van der Waals surface area contributed by atoms with Crippen molar-refractivity contribution in [2.45, 2.75) is 19.9 Å². The van der Waals surface area contributed by atoms with Gasteiger partial charge in [-0.15, -0.1) is 5.10 Å². The molecule has 1 heterocycles. The minimum Gasteiger partial charge on any atom is -0.434 e. The summed E-state index contributed by atoms with van der Waals surface area (Å²) in [6.45, 7) is 3.58. The summed E-state index contributed by atoms with van der Waals surface area (Å²) in [4.78, 5) is 0. The molecule has 2 aromatic rings. The zero-order valence-corrected chi connectivity index (χ0v) is 11.1. The summed E-state index contributed by atoms with van der Waals surface area (Å²) < 4.78 is 31.6. The third kappa shape index (κ3) is 3.71. The highest BCUT2D eigenvalue weighted by Crippen LogP contribution is 2.23. The standard InChI is InChI=1S/C14H15F2N3O/c1-2-8-17-9-10-6-7-13(19-18-10)20-12-5-3-4-11(15)14(12)16/h3-7,17H,2,8-9H2,1H3. The quantitative estimate of drug-likeness (QED) is 0.826. The van der Waals surface area contributed by atoms with Crippen LogP contribution in [0.15, 0.2) is 30.3 Å². The number of rotatable bonds is 6. The Kier molecular flexibility index (Phi) is 4.95. The van der Waals surface area contributed by atoms with Crippen molar-refractivity contribution >= 4 is 0 Å². The van der Waals surface area contributed by atoms with E-state index in [1.54, 1.807) is 12.1 Å². The van der Waals surface area contributed by atoms with Gasteiger partial charge in [-0.25, -0.2) is 4.39 Å². The fourth-order valence-corrected chi connectivity index (χ4v) is 1.57. The van der Waals surface area contributed by atoms with Crippen molar-refractivity contribution in [2.24, 2.45) is 0 Å². The number of hydrogen-bond donors (Lipinski definition) is 1. The molecule has 2 rings (SSSR count). The highest BCUT2D eigenvalue weighted by Gasteiger charge is 2.10. The van der Waals surface area contributed by atoms with Crippen LogP contribution in [0.1, 0.15) is 19.0 Å². The van der Waals surface area contributed by atoms with Crippen LogP contribution < -0.4 is 10.1 Å². The molecule has 106 valence electrons. The van der Waals surface area contributed by atoms with E-state index in [2.05, 4.69) is 22.4 Å². The van der Waals surface area contributed by atoms with Crippen LogP contribution in [-0.2, 0) is 6.54 Å². The van der Waals surface area contributed by atoms with Crippen LogP contribution >= 0.6 is 0 Å². The van der Waals surface area contributed by atoms with E-state index in [9.17, 15) is 8.78 Å². The molecule has 0 saturated heterocycles. The van der Waals surface area contributed by atoms with Crippen LogP contribution in [0.2, 0.25) is 0 Å². The molecule has 0 aliphatic carbocycles. The monoisotopic (exact) mass is 279 g/mol. The summed E-state index contributed by atoms with van der Waals surface area (Å²) in [6, 6.07) is 7.01. The number of nitrogens with zero attached hydrogens (tertiary/aromatic N) is 2. The summed E-state index contributed by atoms with van der Waals surface area (Å²) in [5, 5.41) is 11.0. The lowest BCUT2D eigenvalue weighted by molar-refractivity contribution is 0.400. The summed E-state index contributed by atoms with van der Waals surface area (Å²) in [7, 11) is 0. The molecule has 0 unspecified atom stereocenters. The van der Waals surface area contributed by atoms with Crippen molar-refractivity contribution in [2.75, 3.05) is 6.54 Å². The second-order valence-electron chi connectivity index (χ2n) is 4.19. The maximum Gasteiger partial charge on any atom is 0.239 e. The first-order chi connectivity index (χ1) is 9.70. The summed E-state index contributed by atoms with van der Waals surface area (Å²) in [6.07, 6.45) is 1.04. The highest BCUT2D eigenvalue weighted by atomic mass is 19.2. The van der Waals surface area contributed by atoms with Gasteiger partial charge in [0.25, 0.3) is 0 Å². The van der Waals surface area contributed by atoms with Crippen molar-refractivity contribution in [1.29, 1.82) is 0 Å². The lowest BCUT2D eigenvalue weighted by Gasteiger charge is -2.06. The molecule has 0 saturated carbocycles. The molecule has 0 spiro atoms. The molecule has 6 heteroatoms. The van der Waals surface area contributed by atoms with E-state index in [1.165, 1.54) is 12.1 Å². The minimum atomic E-state index is -1.04. The number of halogens is 2. The number of benzene rings is 1. The van der Waals surface area contributed by atoms with Gasteiger partial charge in [-0.1, -0.05) is 13.0 Å². The topological polar surface area (TPSA) is 47.0 Å². The number of ether oxygens (including phenoxy) is 1. The first-order valence-corrected chi connectivity index (χ1v) is 6.36. The molecular weight excluding hydrogens is 264 g/mol. The predicted molar refractivity (Wildman–Crippen MR) is 70.5 cm³/mol. The van der Waals surface area contributed by atoms with E-state index in [1.807, 2.05) is 0 Å². The lowest BCUT2D eigenvalue weighted by Crippen LogP contribution is -2.15. The van der Waals surface area contributed by atoms with Gasteiger partial charge in [0.1, 0.15) is 0 Å². The van der Waals surface area contributed by atoms with Crippen molar-refractivity contribution in [3.8, 4) is 11.6 Å². The average molecular weight is 279 g/mol. The fourth-order valence-electron chi connectivity index (χ4n) is 1.57. The van der Waals surface area contributed by atoms with Crippen LogP contribution in [0.4, 0.5) is 8.78 Å². The zero-order valence-electron chi connectivity index (χ0n) is 11.1. The van der Waals surface area contributed by atoms with Gasteiger partial charge in [-0.3, -0.25) is 0 Å². The number of hydrogen-bond acceptors (Lipinski definition) is 4. The van der Waals surface area contributed by atoms with E-state index in [4.69, 9.17) is 4.74 Å². The Morgan fingerprint density at radius 3 is 2.70 bits per heavy atom. The molecule has 0 bridgehead atoms. The molecule has 1 N–H and O–H groups in total. The van der Waals surface area contributed by atoms with Gasteiger partial charge in [0.2, 0.25) is 11.7 Å². The molecule has 0 amide bonds. The molecule has 0 atom stereocenters. The maximum absolute atomic E-state index is 13.4. The molecule has 0 aliphatic rings. The highest BCUT2D eigenvalue weighted by molar-refractivity contribution is 5.29. The van der Waals surface area contributed by atoms with Crippen molar-refractivity contribution in [1.82, 2.24) is 15.5 Å². The first kappa shape index (κ1) is 14.3. The number of nitrogens with one attached hydrogen (secondary N) is 1. The molecule has 0 radical (unpaired) electrons. The lowest BCUT2D eigenvalue weighted by atomic mass is 10.3. The Balaban J connectivity index is 2.01. The van der Waals surface area contributed by atoms with Crippen molar-refractivity contribution < 1.29 is 13.5 Å². The molecule has 1 aromatic heterocycles. The maximum atomic E-state index is 13.4. The molecule has 0 fully saturated rings. The Labute approximate surface area is 115 Å². The molecule has 20 heavy (non-hydrogen) atoms. The van der Waals surface area contributed by atoms with Crippen LogP contribution in [0.3, 0.4) is 0 Å². The average Bonchev–Trinajstić information content (AvgIpc) is 2.46. The van der Waals surface area contributed by atoms with Crippen LogP contribution in [0.25, 0.3) is 0 Å². The smallest absolute Gasteiger partial charge is 0.239 e. The molecule has 0 aliphatic heterocycles. The van der Waals surface area contributed by atoms with Gasteiger partial charge in [0.05, 0.1) is 5.69 Å². The third-order valence-electron chi connectivity index (χ3n) is 2.56. The summed E-state index contributed by atoms with van der Waals surface area (Å²) in [5.41, 5.74) is 0.755. The Hall–Kier alpha value is -2.08. The van der Waals surface area contributed by atoms with Crippen molar-refractivity contribution in [3.05, 3.63) is 47.7 Å². The summed E-state index contributed by atoms with van der Waals surface area (Å²) >= 11 is 0. The summed E-state index contributed by atoms with van der Waals surface area (Å²) in [5.74, 6) is -2.09. The van der Waals surface area contributed by atoms with E-state index >= 15 is 0 Å². The van der Waals surface area contributed by atoms with Gasteiger partial charge in [-0.05, 0) is 31.2 Å². The van der Waals surface area contributed by atoms with Gasteiger partial charge in [0.15, 0.2) is 11.6 Å². The second kappa shape index (κ2) is 6.91. The van der Waals surface area contributed by atoms with Crippen LogP contribution in [0.5, 0.6) is 11.6 Å². The van der Waals surface area contributed by atoms with E-state index < -0.39 is 11.6 Å². The predicted octanol–water partition coefficient (Wildman–Crippen LogP) is 3.05. The zero-order chi connectivity index (χ0) is 14.4. The van der Waals surface area contributed by atoms with Gasteiger partial charge in [0, 0.05) is 12.6 Å². The van der Waals surface area contributed by atoms with Gasteiger partial charge >= 0.3 is 0 Å². The largest absolute Gasteiger partial charge is 0.434 e. The van der Waals surface area contributed by atoms with E-state index in [0.717, 1.165) is 24.7 Å². The molecule has 4 nitrogen and oxygen atoms in total. The third-order valence-corrected chi connectivity index (χ3v) is 2.56. The number of aromatic nitrogens is 2. The first-order valence-electron chi connectivity index (χ1n) is 6.36. The Morgan fingerprint density at radius 2 is 2.00 bits per heavy atom. The van der Waals surface area contributed by atoms with Gasteiger partial charge < -0.3 is 10.1 Å². The molecular formula is C14H15F2N3O. The van der Waals surface area contributed by atoms with E-state index in [-0.39, 0.29) is 11.6 Å². The SMILES string of the molecule is CCCNCc1ccc(Oc2cccc(F)c2F)nn1. The van der Waals surface area contributed by atoms with Gasteiger partial charge in [-0.2, -0.15) is 9.49 Å². The minimum absolute atomic E-state index is 0.119. The normalized spacial score (nSPS) is 10.6. The Bertz CT molecular complexity index is 561. The van der Waals surface area contributed by atoms with Crippen LogP contribution in [-0.4, -0.2) is 16.7 Å². The second-order valence-corrected chi connectivity index (χ2v) is 4.19. The van der Waals surface area contributed by atoms with E-state index in [0.29, 0.717) is 6.54 Å². The van der Waals surface area contributed by atoms with Crippen LogP contribution in [0, 0.1) is 11.6 Å². The Morgan fingerprint density at radius 1 is 1.15 bits per heavy atom. The van der Waals surface area contributed by atoms with Crippen molar-refractivity contribution in [3.63, 3.8) is 0 Å².